The highest BCUT2D eigenvalue weighted by atomic mass is 79.9. The van der Waals surface area contributed by atoms with Crippen LogP contribution in [-0.4, -0.2) is 37.8 Å². The van der Waals surface area contributed by atoms with E-state index in [1.807, 2.05) is 4.90 Å². The third-order valence-electron chi connectivity index (χ3n) is 3.08. The highest BCUT2D eigenvalue weighted by Gasteiger charge is 2.25. The van der Waals surface area contributed by atoms with Crippen molar-refractivity contribution in [2.75, 3.05) is 32.9 Å². The Hall–Kier alpha value is 0.0600. The molecule has 1 fully saturated rings. The second-order valence-corrected chi connectivity index (χ2v) is 4.95. The van der Waals surface area contributed by atoms with E-state index < -0.39 is 12.7 Å². The minimum absolute atomic E-state index is 0. The maximum atomic E-state index is 13.9. The quantitative estimate of drug-likeness (QED) is 0.868. The molecule has 0 spiro atoms. The Kier molecular flexibility index (Phi) is 9.11. The van der Waals surface area contributed by atoms with Gasteiger partial charge >= 0.3 is 0 Å². The van der Waals surface area contributed by atoms with Crippen LogP contribution >= 0.6 is 40.7 Å². The monoisotopic (exact) mass is 376 g/mol. The van der Waals surface area contributed by atoms with Gasteiger partial charge in [-0.2, -0.15) is 0 Å². The van der Waals surface area contributed by atoms with Gasteiger partial charge in [0, 0.05) is 31.7 Å². The minimum atomic E-state index is -0.562. The van der Waals surface area contributed by atoms with Gasteiger partial charge in [0.2, 0.25) is 0 Å². The van der Waals surface area contributed by atoms with Crippen LogP contribution in [0.1, 0.15) is 11.6 Å². The Balaban J connectivity index is 0.00000162. The van der Waals surface area contributed by atoms with Crippen LogP contribution in [0.2, 0.25) is 0 Å². The van der Waals surface area contributed by atoms with Crippen molar-refractivity contribution < 1.29 is 8.78 Å². The third-order valence-corrected chi connectivity index (χ3v) is 3.69. The summed E-state index contributed by atoms with van der Waals surface area (Å²) in [6, 6.07) is 4.56. The van der Waals surface area contributed by atoms with Gasteiger partial charge in [0.1, 0.15) is 12.5 Å². The summed E-state index contributed by atoms with van der Waals surface area (Å²) in [5.74, 6) is -0.353. The van der Waals surface area contributed by atoms with Crippen LogP contribution < -0.4 is 5.32 Å². The Morgan fingerprint density at radius 3 is 2.47 bits per heavy atom. The van der Waals surface area contributed by atoms with Gasteiger partial charge in [0.25, 0.3) is 0 Å². The molecule has 1 aliphatic heterocycles. The van der Waals surface area contributed by atoms with Crippen LogP contribution in [0.15, 0.2) is 22.7 Å². The molecule has 1 N–H and O–H groups in total. The van der Waals surface area contributed by atoms with Gasteiger partial charge in [0.05, 0.1) is 10.5 Å². The van der Waals surface area contributed by atoms with Gasteiger partial charge in [-0.05, 0) is 22.0 Å². The number of nitrogens with one attached hydrogen (secondary N) is 1. The fraction of sp³-hybridized carbons (Fsp3) is 0.500. The number of hydrogen-bond acceptors (Lipinski definition) is 2. The zero-order chi connectivity index (χ0) is 12.3. The Morgan fingerprint density at radius 1 is 1.26 bits per heavy atom. The zero-order valence-corrected chi connectivity index (χ0v) is 13.5. The molecular weight excluding hydrogens is 361 g/mol. The highest BCUT2D eigenvalue weighted by molar-refractivity contribution is 9.10. The third kappa shape index (κ3) is 4.53. The molecule has 7 heteroatoms. The average molecular weight is 378 g/mol. The van der Waals surface area contributed by atoms with Gasteiger partial charge in [-0.15, -0.1) is 24.8 Å². The molecule has 0 aliphatic carbocycles. The van der Waals surface area contributed by atoms with E-state index in [2.05, 4.69) is 21.2 Å². The molecule has 0 bridgehead atoms. The Labute approximate surface area is 132 Å². The fourth-order valence-corrected chi connectivity index (χ4v) is 2.53. The van der Waals surface area contributed by atoms with Crippen molar-refractivity contribution in [2.45, 2.75) is 6.04 Å². The lowest BCUT2D eigenvalue weighted by molar-refractivity contribution is 0.144. The van der Waals surface area contributed by atoms with Crippen molar-refractivity contribution in [3.63, 3.8) is 0 Å². The predicted molar refractivity (Wildman–Crippen MR) is 81.8 cm³/mol. The summed E-state index contributed by atoms with van der Waals surface area (Å²) in [5.41, 5.74) is 0.434. The van der Waals surface area contributed by atoms with E-state index in [1.54, 1.807) is 18.2 Å². The second-order valence-electron chi connectivity index (χ2n) is 4.10. The van der Waals surface area contributed by atoms with E-state index in [1.165, 1.54) is 0 Å². The van der Waals surface area contributed by atoms with E-state index in [0.29, 0.717) is 10.0 Å². The van der Waals surface area contributed by atoms with Gasteiger partial charge in [-0.25, -0.2) is 8.78 Å². The van der Waals surface area contributed by atoms with Gasteiger partial charge < -0.3 is 5.32 Å². The van der Waals surface area contributed by atoms with Crippen molar-refractivity contribution in [2.24, 2.45) is 0 Å². The van der Waals surface area contributed by atoms with Gasteiger partial charge in [0.15, 0.2) is 0 Å². The van der Waals surface area contributed by atoms with Crippen molar-refractivity contribution in [3.05, 3.63) is 34.1 Å². The number of benzene rings is 1. The number of alkyl halides is 1. The lowest BCUT2D eigenvalue weighted by Gasteiger charge is -2.33. The molecule has 2 nitrogen and oxygen atoms in total. The molecule has 2 rings (SSSR count). The lowest BCUT2D eigenvalue weighted by Crippen LogP contribution is -2.45. The minimum Gasteiger partial charge on any atom is -0.314 e. The molecule has 110 valence electrons. The first-order chi connectivity index (χ1) is 8.24. The highest BCUT2D eigenvalue weighted by Crippen LogP contribution is 2.28. The average Bonchev–Trinajstić information content (AvgIpc) is 2.37. The van der Waals surface area contributed by atoms with Crippen molar-refractivity contribution in [1.29, 1.82) is 0 Å². The van der Waals surface area contributed by atoms with E-state index in [-0.39, 0.29) is 30.6 Å². The summed E-state index contributed by atoms with van der Waals surface area (Å²) < 4.78 is 27.5. The molecule has 0 unspecified atom stereocenters. The van der Waals surface area contributed by atoms with Crippen LogP contribution in [0.4, 0.5) is 8.78 Å². The number of rotatable bonds is 3. The molecule has 1 heterocycles. The lowest BCUT2D eigenvalue weighted by atomic mass is 10.1. The normalized spacial score (nSPS) is 17.2. The first-order valence-electron chi connectivity index (χ1n) is 5.68. The van der Waals surface area contributed by atoms with E-state index in [0.717, 1.165) is 26.2 Å². The Bertz CT molecular complexity index is 390. The van der Waals surface area contributed by atoms with Gasteiger partial charge in [-0.1, -0.05) is 12.1 Å². The van der Waals surface area contributed by atoms with E-state index in [4.69, 9.17) is 0 Å². The Morgan fingerprint density at radius 2 is 1.89 bits per heavy atom. The van der Waals surface area contributed by atoms with Crippen LogP contribution in [-0.2, 0) is 0 Å². The molecule has 1 saturated heterocycles. The number of piperazine rings is 1. The number of nitrogens with zero attached hydrogens (tertiary/aromatic N) is 1. The fourth-order valence-electron chi connectivity index (χ4n) is 2.15. The van der Waals surface area contributed by atoms with Crippen LogP contribution in [0.25, 0.3) is 0 Å². The number of hydrogen-bond donors (Lipinski definition) is 1. The van der Waals surface area contributed by atoms with Crippen LogP contribution in [0.3, 0.4) is 0 Å². The summed E-state index contributed by atoms with van der Waals surface area (Å²) in [7, 11) is 0. The topological polar surface area (TPSA) is 15.3 Å². The molecule has 1 aliphatic rings. The zero-order valence-electron chi connectivity index (χ0n) is 10.2. The molecule has 0 aromatic heterocycles. The SMILES string of the molecule is Cl.Cl.FC[C@@H](c1cccc(Br)c1F)N1CCNCC1. The molecular formula is C12H17BrCl2F2N2. The molecule has 0 saturated carbocycles. The molecule has 0 radical (unpaired) electrons. The standard InChI is InChI=1S/C12H15BrF2N2.2ClH/c13-10-3-1-2-9(12(10)15)11(8-14)17-6-4-16-5-7-17;;/h1-3,11,16H,4-8H2;2*1H/t11-;;/m0../s1. The second kappa shape index (κ2) is 9.08. The van der Waals surface area contributed by atoms with Crippen molar-refractivity contribution >= 4 is 40.7 Å². The summed E-state index contributed by atoms with van der Waals surface area (Å²) in [6.45, 7) is 2.59. The maximum Gasteiger partial charge on any atom is 0.142 e. The van der Waals surface area contributed by atoms with E-state index >= 15 is 0 Å². The molecule has 1 aromatic carbocycles. The molecule has 1 aromatic rings. The summed E-state index contributed by atoms with van der Waals surface area (Å²) in [5, 5.41) is 3.20. The van der Waals surface area contributed by atoms with Crippen LogP contribution in [0.5, 0.6) is 0 Å². The van der Waals surface area contributed by atoms with Gasteiger partial charge in [-0.3, -0.25) is 4.90 Å². The smallest absolute Gasteiger partial charge is 0.142 e. The van der Waals surface area contributed by atoms with Crippen molar-refractivity contribution in [1.82, 2.24) is 10.2 Å². The first kappa shape index (κ1) is 19.1. The largest absolute Gasteiger partial charge is 0.314 e. The van der Waals surface area contributed by atoms with Crippen molar-refractivity contribution in [3.8, 4) is 0 Å². The summed E-state index contributed by atoms with van der Waals surface area (Å²) in [6.07, 6.45) is 0. The maximum absolute atomic E-state index is 13.9. The van der Waals surface area contributed by atoms with Crippen LogP contribution in [0, 0.1) is 5.82 Å². The summed E-state index contributed by atoms with van der Waals surface area (Å²) >= 11 is 3.14. The predicted octanol–water partition coefficient (Wildman–Crippen LogP) is 3.35. The number of halogens is 5. The molecule has 0 amide bonds. The molecule has 1 atom stereocenters. The van der Waals surface area contributed by atoms with E-state index in [9.17, 15) is 8.78 Å². The first-order valence-corrected chi connectivity index (χ1v) is 6.48. The molecule has 19 heavy (non-hydrogen) atoms. The summed E-state index contributed by atoms with van der Waals surface area (Å²) in [4.78, 5) is 1.99.